The normalized spacial score (nSPS) is 26.6. The molecule has 1 spiro atoms. The molecule has 0 saturated carbocycles. The topological polar surface area (TPSA) is 109 Å². The van der Waals surface area contributed by atoms with Crippen LogP contribution in [0.5, 0.6) is 5.75 Å². The second-order valence-corrected chi connectivity index (χ2v) is 18.0. The van der Waals surface area contributed by atoms with E-state index in [2.05, 4.69) is 31.5 Å². The van der Waals surface area contributed by atoms with Gasteiger partial charge >= 0.3 is 5.97 Å². The SMILES string of the molecule is COC(=O)c1c(OCOCC[Si](C)(C)C)ccc2oc(C[C@@H]3CCC[C@]4(CC[C@@H](C)[C@@H]([C@H](C)CO)O4)O3)nc12. The Morgan fingerprint density at radius 1 is 1.23 bits per heavy atom. The number of hydrogen-bond donors (Lipinski definition) is 1. The quantitative estimate of drug-likeness (QED) is 0.163. The van der Waals surface area contributed by atoms with Crippen molar-refractivity contribution < 1.29 is 38.0 Å². The number of carbonyl (C=O) groups is 1. The van der Waals surface area contributed by atoms with Gasteiger partial charge in [0.25, 0.3) is 0 Å². The summed E-state index contributed by atoms with van der Waals surface area (Å²) in [6.07, 6.45) is 4.82. The zero-order chi connectivity index (χ0) is 28.2. The minimum Gasteiger partial charge on any atom is -0.467 e. The van der Waals surface area contributed by atoms with E-state index in [-0.39, 0.29) is 37.1 Å². The third kappa shape index (κ3) is 7.41. The molecule has 1 N–H and O–H groups in total. The van der Waals surface area contributed by atoms with E-state index >= 15 is 0 Å². The number of benzene rings is 1. The van der Waals surface area contributed by atoms with Gasteiger partial charge in [-0.25, -0.2) is 9.78 Å². The summed E-state index contributed by atoms with van der Waals surface area (Å²) in [5.74, 6) is 0.0893. The lowest BCUT2D eigenvalue weighted by Crippen LogP contribution is -2.52. The van der Waals surface area contributed by atoms with E-state index in [9.17, 15) is 9.90 Å². The standard InChI is InChI=1S/C29H45NO8Si/c1-19-11-13-29(38-27(19)20(2)17-31)12-7-8-21(37-29)16-24-30-26-23(36-24)10-9-22(25(26)28(32)33-3)35-18-34-14-15-39(4,5)6/h9-10,19-21,27,31H,7-8,11-18H2,1-6H3/t19-,20-,21+,27+,29+/m1/s1. The second kappa shape index (κ2) is 12.7. The lowest BCUT2D eigenvalue weighted by atomic mass is 9.83. The van der Waals surface area contributed by atoms with Crippen LogP contribution in [0.4, 0.5) is 0 Å². The van der Waals surface area contributed by atoms with Crippen molar-refractivity contribution in [1.29, 1.82) is 0 Å². The monoisotopic (exact) mass is 563 g/mol. The minimum atomic E-state index is -1.21. The van der Waals surface area contributed by atoms with E-state index in [0.29, 0.717) is 41.7 Å². The first-order valence-corrected chi connectivity index (χ1v) is 17.9. The minimum absolute atomic E-state index is 0.0348. The molecule has 1 aromatic carbocycles. The molecule has 2 aromatic rings. The van der Waals surface area contributed by atoms with Crippen molar-refractivity contribution in [3.8, 4) is 5.75 Å². The average Bonchev–Trinajstić information content (AvgIpc) is 3.30. The van der Waals surface area contributed by atoms with Crippen LogP contribution in [0.25, 0.3) is 11.1 Å². The predicted molar refractivity (Wildman–Crippen MR) is 150 cm³/mol. The van der Waals surface area contributed by atoms with Crippen LogP contribution < -0.4 is 4.74 Å². The van der Waals surface area contributed by atoms with E-state index < -0.39 is 19.8 Å². The predicted octanol–water partition coefficient (Wildman–Crippen LogP) is 5.56. The number of ether oxygens (including phenoxy) is 5. The number of methoxy groups -OCH3 is 1. The lowest BCUT2D eigenvalue weighted by molar-refractivity contribution is -0.330. The van der Waals surface area contributed by atoms with Crippen LogP contribution in [-0.4, -0.2) is 69.2 Å². The maximum Gasteiger partial charge on any atom is 0.344 e. The van der Waals surface area contributed by atoms with Gasteiger partial charge in [0.2, 0.25) is 0 Å². The van der Waals surface area contributed by atoms with Crippen LogP contribution in [0, 0.1) is 11.8 Å². The molecule has 9 nitrogen and oxygen atoms in total. The number of esters is 1. The number of aromatic nitrogens is 1. The summed E-state index contributed by atoms with van der Waals surface area (Å²) < 4.78 is 35.7. The van der Waals surface area contributed by atoms with Gasteiger partial charge in [0.05, 0.1) is 25.7 Å². The van der Waals surface area contributed by atoms with Gasteiger partial charge in [-0.1, -0.05) is 33.5 Å². The Labute approximate surface area is 232 Å². The van der Waals surface area contributed by atoms with Crippen LogP contribution in [0.2, 0.25) is 25.7 Å². The molecule has 2 aliphatic rings. The summed E-state index contributed by atoms with van der Waals surface area (Å²) in [4.78, 5) is 17.4. The zero-order valence-corrected chi connectivity index (χ0v) is 25.3. The highest BCUT2D eigenvalue weighted by Crippen LogP contribution is 2.43. The summed E-state index contributed by atoms with van der Waals surface area (Å²) in [7, 11) is 0.130. The van der Waals surface area contributed by atoms with Crippen LogP contribution in [-0.2, 0) is 25.4 Å². The number of aliphatic hydroxyl groups excluding tert-OH is 1. The Kier molecular flexibility index (Phi) is 9.75. The molecule has 2 fully saturated rings. The summed E-state index contributed by atoms with van der Waals surface area (Å²) >= 11 is 0. The van der Waals surface area contributed by atoms with Crippen LogP contribution in [0.3, 0.4) is 0 Å². The molecular weight excluding hydrogens is 518 g/mol. The Morgan fingerprint density at radius 3 is 2.74 bits per heavy atom. The molecule has 1 aromatic heterocycles. The van der Waals surface area contributed by atoms with Crippen LogP contribution in [0.1, 0.15) is 62.2 Å². The van der Waals surface area contributed by atoms with E-state index in [4.69, 9.17) is 28.1 Å². The first-order valence-electron chi connectivity index (χ1n) is 14.2. The molecule has 4 rings (SSSR count). The van der Waals surface area contributed by atoms with E-state index in [1.165, 1.54) is 7.11 Å². The first kappa shape index (κ1) is 30.0. The van der Waals surface area contributed by atoms with Crippen molar-refractivity contribution in [3.63, 3.8) is 0 Å². The molecule has 218 valence electrons. The van der Waals surface area contributed by atoms with Crippen LogP contribution >= 0.6 is 0 Å². The largest absolute Gasteiger partial charge is 0.467 e. The van der Waals surface area contributed by atoms with Gasteiger partial charge in [0.1, 0.15) is 16.8 Å². The maximum atomic E-state index is 12.7. The number of aliphatic hydroxyl groups is 1. The Bertz CT molecular complexity index is 1110. The molecule has 10 heteroatoms. The summed E-state index contributed by atoms with van der Waals surface area (Å²) in [5.41, 5.74) is 1.12. The first-order chi connectivity index (χ1) is 18.5. The third-order valence-corrected chi connectivity index (χ3v) is 9.56. The highest BCUT2D eigenvalue weighted by Gasteiger charge is 2.46. The average molecular weight is 564 g/mol. The molecule has 0 amide bonds. The number of hydrogen-bond acceptors (Lipinski definition) is 9. The Hall–Kier alpha value is -1.98. The fraction of sp³-hybridized carbons (Fsp3) is 0.724. The van der Waals surface area contributed by atoms with E-state index in [1.54, 1.807) is 12.1 Å². The molecule has 5 atom stereocenters. The Morgan fingerprint density at radius 2 is 2.03 bits per heavy atom. The third-order valence-electron chi connectivity index (χ3n) is 7.86. The molecule has 39 heavy (non-hydrogen) atoms. The molecule has 0 aliphatic carbocycles. The fourth-order valence-electron chi connectivity index (χ4n) is 5.52. The summed E-state index contributed by atoms with van der Waals surface area (Å²) in [6.45, 7) is 11.8. The van der Waals surface area contributed by atoms with Crippen molar-refractivity contribution in [2.24, 2.45) is 11.8 Å². The van der Waals surface area contributed by atoms with Gasteiger partial charge in [-0.15, -0.1) is 0 Å². The second-order valence-electron chi connectivity index (χ2n) is 12.4. The molecule has 2 saturated heterocycles. The van der Waals surface area contributed by atoms with Crippen molar-refractivity contribution >= 4 is 25.1 Å². The number of oxazole rings is 1. The highest BCUT2D eigenvalue weighted by atomic mass is 28.3. The van der Waals surface area contributed by atoms with Gasteiger partial charge in [-0.3, -0.25) is 0 Å². The lowest BCUT2D eigenvalue weighted by Gasteiger charge is -2.49. The van der Waals surface area contributed by atoms with Crippen molar-refractivity contribution in [2.75, 3.05) is 27.1 Å². The van der Waals surface area contributed by atoms with Crippen molar-refractivity contribution in [1.82, 2.24) is 4.98 Å². The molecule has 0 bridgehead atoms. The van der Waals surface area contributed by atoms with Gasteiger partial charge in [0, 0.05) is 40.0 Å². The van der Waals surface area contributed by atoms with E-state index in [1.807, 2.05) is 6.92 Å². The highest BCUT2D eigenvalue weighted by molar-refractivity contribution is 6.76. The maximum absolute atomic E-state index is 12.7. The number of rotatable bonds is 11. The summed E-state index contributed by atoms with van der Waals surface area (Å²) in [5, 5.41) is 9.72. The molecular formula is C29H45NO8Si. The number of carbonyl (C=O) groups excluding carboxylic acids is 1. The molecule has 0 radical (unpaired) electrons. The molecule has 0 unspecified atom stereocenters. The van der Waals surface area contributed by atoms with Gasteiger partial charge in [-0.2, -0.15) is 0 Å². The van der Waals surface area contributed by atoms with E-state index in [0.717, 1.165) is 38.1 Å². The van der Waals surface area contributed by atoms with Crippen molar-refractivity contribution in [3.05, 3.63) is 23.6 Å². The molecule has 2 aliphatic heterocycles. The smallest absolute Gasteiger partial charge is 0.344 e. The number of nitrogens with zero attached hydrogens (tertiary/aromatic N) is 1. The fourth-order valence-corrected chi connectivity index (χ4v) is 6.27. The van der Waals surface area contributed by atoms with Gasteiger partial charge < -0.3 is 33.2 Å². The number of fused-ring (bicyclic) bond motifs is 1. The van der Waals surface area contributed by atoms with Crippen molar-refractivity contribution in [2.45, 2.75) is 96.1 Å². The van der Waals surface area contributed by atoms with Crippen LogP contribution in [0.15, 0.2) is 16.5 Å². The zero-order valence-electron chi connectivity index (χ0n) is 24.3. The Balaban J connectivity index is 1.47. The van der Waals surface area contributed by atoms with Gasteiger partial charge in [0.15, 0.2) is 24.1 Å². The summed E-state index contributed by atoms with van der Waals surface area (Å²) in [6, 6.07) is 4.48. The molecule has 3 heterocycles. The van der Waals surface area contributed by atoms with Gasteiger partial charge in [-0.05, 0) is 43.4 Å².